The highest BCUT2D eigenvalue weighted by molar-refractivity contribution is 5.93. The number of ether oxygens (including phenoxy) is 2. The quantitative estimate of drug-likeness (QED) is 0.337. The first-order valence-electron chi connectivity index (χ1n) is 12.9. The van der Waals surface area contributed by atoms with Crippen molar-refractivity contribution < 1.29 is 19.1 Å². The molecule has 0 spiro atoms. The largest absolute Gasteiger partial charge is 0.497 e. The highest BCUT2D eigenvalue weighted by Crippen LogP contribution is 2.26. The number of benzene rings is 3. The molecule has 2 N–H and O–H groups in total. The molecule has 6 rings (SSSR count). The number of carbonyl (C=O) groups excluding carboxylic acids is 2. The molecule has 1 aliphatic rings. The average Bonchev–Trinajstić information content (AvgIpc) is 3.37. The second kappa shape index (κ2) is 10.9. The first kappa shape index (κ1) is 25.1. The fourth-order valence-corrected chi connectivity index (χ4v) is 4.59. The van der Waals surface area contributed by atoms with Crippen LogP contribution in [0.5, 0.6) is 5.75 Å². The zero-order chi connectivity index (χ0) is 27.5. The standard InChI is InChI=1S/C29H27N7O4/c1-39-21-13-11-20(12-14-21)25-33-26-22-9-5-6-10-23(22)31-28(36(26)34-25)32-24-17-35(16-15-30-27(24)37)29(38)40-18-19-7-3-2-4-8-19/h2-14,24H,15-18H2,1H3,(H,30,37)(H,31,32). The first-order chi connectivity index (χ1) is 19.6. The maximum absolute atomic E-state index is 13.0. The van der Waals surface area contributed by atoms with Crippen molar-refractivity contribution in [2.24, 2.45) is 0 Å². The van der Waals surface area contributed by atoms with E-state index in [-0.39, 0.29) is 19.1 Å². The maximum Gasteiger partial charge on any atom is 0.410 e. The molecule has 11 heteroatoms. The fourth-order valence-electron chi connectivity index (χ4n) is 4.59. The molecule has 1 aliphatic heterocycles. The van der Waals surface area contributed by atoms with E-state index in [0.717, 1.165) is 22.3 Å². The molecule has 1 atom stereocenters. The van der Waals surface area contributed by atoms with Crippen LogP contribution in [0.1, 0.15) is 5.56 Å². The van der Waals surface area contributed by atoms with E-state index in [4.69, 9.17) is 24.5 Å². The molecule has 202 valence electrons. The van der Waals surface area contributed by atoms with Crippen molar-refractivity contribution in [2.75, 3.05) is 32.1 Å². The highest BCUT2D eigenvalue weighted by atomic mass is 16.6. The van der Waals surface area contributed by atoms with E-state index in [1.165, 1.54) is 4.90 Å². The minimum atomic E-state index is -0.794. The van der Waals surface area contributed by atoms with E-state index >= 15 is 0 Å². The minimum Gasteiger partial charge on any atom is -0.497 e. The number of fused-ring (bicyclic) bond motifs is 3. The van der Waals surface area contributed by atoms with E-state index in [1.807, 2.05) is 78.9 Å². The van der Waals surface area contributed by atoms with Gasteiger partial charge in [0.05, 0.1) is 19.2 Å². The number of rotatable bonds is 6. The van der Waals surface area contributed by atoms with Gasteiger partial charge in [-0.1, -0.05) is 42.5 Å². The average molecular weight is 538 g/mol. The van der Waals surface area contributed by atoms with Gasteiger partial charge in [-0.3, -0.25) is 4.79 Å². The summed E-state index contributed by atoms with van der Waals surface area (Å²) in [5.74, 6) is 1.31. The molecule has 2 aromatic heterocycles. The van der Waals surface area contributed by atoms with Gasteiger partial charge >= 0.3 is 6.09 Å². The van der Waals surface area contributed by atoms with Crippen LogP contribution in [0.25, 0.3) is 27.9 Å². The van der Waals surface area contributed by atoms with E-state index in [1.54, 1.807) is 11.6 Å². The number of nitrogens with zero attached hydrogens (tertiary/aromatic N) is 5. The molecule has 0 aliphatic carbocycles. The van der Waals surface area contributed by atoms with Crippen LogP contribution in [0.4, 0.5) is 10.7 Å². The summed E-state index contributed by atoms with van der Waals surface area (Å²) in [6.07, 6.45) is -0.494. The summed E-state index contributed by atoms with van der Waals surface area (Å²) in [6.45, 7) is 0.872. The molecule has 1 unspecified atom stereocenters. The topological polar surface area (TPSA) is 123 Å². The lowest BCUT2D eigenvalue weighted by molar-refractivity contribution is -0.121. The Morgan fingerprint density at radius 1 is 1.02 bits per heavy atom. The van der Waals surface area contributed by atoms with Crippen molar-refractivity contribution in [1.82, 2.24) is 29.8 Å². The summed E-state index contributed by atoms with van der Waals surface area (Å²) >= 11 is 0. The van der Waals surface area contributed by atoms with Gasteiger partial charge in [-0.25, -0.2) is 14.8 Å². The lowest BCUT2D eigenvalue weighted by Gasteiger charge is -2.23. The SMILES string of the molecule is COc1ccc(-c2nc3c4ccccc4nc(NC4CN(C(=O)OCc5ccccc5)CCNC4=O)n3n2)cc1. The van der Waals surface area contributed by atoms with Crippen LogP contribution in [0.15, 0.2) is 78.9 Å². The van der Waals surface area contributed by atoms with E-state index in [0.29, 0.717) is 36.0 Å². The Morgan fingerprint density at radius 3 is 2.60 bits per heavy atom. The monoisotopic (exact) mass is 537 g/mol. The molecular formula is C29H27N7O4. The van der Waals surface area contributed by atoms with Gasteiger partial charge in [0.1, 0.15) is 18.4 Å². The van der Waals surface area contributed by atoms with Crippen molar-refractivity contribution >= 4 is 34.5 Å². The minimum absolute atomic E-state index is 0.0927. The predicted molar refractivity (Wildman–Crippen MR) is 149 cm³/mol. The zero-order valence-corrected chi connectivity index (χ0v) is 21.8. The molecule has 3 aromatic carbocycles. The summed E-state index contributed by atoms with van der Waals surface area (Å²) in [4.78, 5) is 37.0. The van der Waals surface area contributed by atoms with E-state index in [9.17, 15) is 9.59 Å². The Morgan fingerprint density at radius 2 is 1.80 bits per heavy atom. The van der Waals surface area contributed by atoms with Crippen molar-refractivity contribution in [2.45, 2.75) is 12.6 Å². The van der Waals surface area contributed by atoms with Crippen LogP contribution in [0.2, 0.25) is 0 Å². The number of methoxy groups -OCH3 is 1. The van der Waals surface area contributed by atoms with Crippen LogP contribution in [-0.2, 0) is 16.1 Å². The van der Waals surface area contributed by atoms with Crippen molar-refractivity contribution in [3.63, 3.8) is 0 Å². The highest BCUT2D eigenvalue weighted by Gasteiger charge is 2.30. The van der Waals surface area contributed by atoms with Gasteiger partial charge in [-0.05, 0) is 42.0 Å². The first-order valence-corrected chi connectivity index (χ1v) is 12.9. The maximum atomic E-state index is 13.0. The summed E-state index contributed by atoms with van der Waals surface area (Å²) in [7, 11) is 1.61. The summed E-state index contributed by atoms with van der Waals surface area (Å²) in [5, 5.41) is 11.6. The number of hydrogen-bond donors (Lipinski definition) is 2. The third-order valence-electron chi connectivity index (χ3n) is 6.69. The zero-order valence-electron chi connectivity index (χ0n) is 21.8. The molecule has 3 heterocycles. The Bertz CT molecular complexity index is 1670. The summed E-state index contributed by atoms with van der Waals surface area (Å²) in [5.41, 5.74) is 2.97. The molecular weight excluding hydrogens is 510 g/mol. The number of anilines is 1. The van der Waals surface area contributed by atoms with Crippen molar-refractivity contribution in [3.8, 4) is 17.1 Å². The van der Waals surface area contributed by atoms with Crippen LogP contribution in [-0.4, -0.2) is 69.3 Å². The van der Waals surface area contributed by atoms with E-state index < -0.39 is 12.1 Å². The van der Waals surface area contributed by atoms with Gasteiger partial charge < -0.3 is 25.0 Å². The molecule has 1 saturated heterocycles. The molecule has 5 aromatic rings. The van der Waals surface area contributed by atoms with Gasteiger partial charge in [0.15, 0.2) is 11.5 Å². The smallest absolute Gasteiger partial charge is 0.410 e. The van der Waals surface area contributed by atoms with Gasteiger partial charge in [-0.15, -0.1) is 5.10 Å². The lowest BCUT2D eigenvalue weighted by atomic mass is 10.2. The summed E-state index contributed by atoms with van der Waals surface area (Å²) < 4.78 is 12.4. The Balaban J connectivity index is 1.30. The van der Waals surface area contributed by atoms with Crippen LogP contribution in [0, 0.1) is 0 Å². The van der Waals surface area contributed by atoms with E-state index in [2.05, 4.69) is 10.6 Å². The molecule has 0 bridgehead atoms. The molecule has 0 radical (unpaired) electrons. The Hall–Kier alpha value is -5.19. The normalized spacial score (nSPS) is 15.5. The number of para-hydroxylation sites is 1. The van der Waals surface area contributed by atoms with Crippen molar-refractivity contribution in [3.05, 3.63) is 84.4 Å². The number of hydrogen-bond acceptors (Lipinski definition) is 8. The fraction of sp³-hybridized carbons (Fsp3) is 0.207. The lowest BCUT2D eigenvalue weighted by Crippen LogP contribution is -2.44. The van der Waals surface area contributed by atoms with Crippen LogP contribution >= 0.6 is 0 Å². The predicted octanol–water partition coefficient (Wildman–Crippen LogP) is 3.50. The molecule has 1 fully saturated rings. The second-order valence-corrected chi connectivity index (χ2v) is 9.33. The molecule has 11 nitrogen and oxygen atoms in total. The summed E-state index contributed by atoms with van der Waals surface area (Å²) in [6, 6.07) is 23.7. The number of nitrogens with one attached hydrogen (secondary N) is 2. The number of aromatic nitrogens is 4. The van der Waals surface area contributed by atoms with Crippen molar-refractivity contribution in [1.29, 1.82) is 0 Å². The molecule has 2 amide bonds. The van der Waals surface area contributed by atoms with Crippen LogP contribution < -0.4 is 15.4 Å². The van der Waals surface area contributed by atoms with Crippen LogP contribution in [0.3, 0.4) is 0 Å². The molecule has 0 saturated carbocycles. The van der Waals surface area contributed by atoms with Gasteiger partial charge in [0.25, 0.3) is 0 Å². The second-order valence-electron chi connectivity index (χ2n) is 9.33. The third kappa shape index (κ3) is 5.08. The third-order valence-corrected chi connectivity index (χ3v) is 6.69. The van der Waals surface area contributed by atoms with Gasteiger partial charge in [0.2, 0.25) is 11.9 Å². The molecule has 40 heavy (non-hydrogen) atoms. The Labute approximate surface area is 229 Å². The Kier molecular flexibility index (Phi) is 6.84. The van der Waals surface area contributed by atoms with Gasteiger partial charge in [0, 0.05) is 24.0 Å². The number of amides is 2. The number of carbonyl (C=O) groups is 2. The van der Waals surface area contributed by atoms with Gasteiger partial charge in [-0.2, -0.15) is 4.52 Å².